The van der Waals surface area contributed by atoms with Gasteiger partial charge in [-0.15, -0.1) is 0 Å². The number of ether oxygens (including phenoxy) is 1. The number of amides is 1. The highest BCUT2D eigenvalue weighted by Crippen LogP contribution is 2.52. The van der Waals surface area contributed by atoms with Gasteiger partial charge in [0.2, 0.25) is 5.91 Å². The lowest BCUT2D eigenvalue weighted by atomic mass is 9.52. The van der Waals surface area contributed by atoms with Crippen LogP contribution in [0.4, 0.5) is 0 Å². The number of aliphatic hydroxyl groups is 1. The Morgan fingerprint density at radius 1 is 1.10 bits per heavy atom. The smallest absolute Gasteiger partial charge is 0.235 e. The highest BCUT2D eigenvalue weighted by molar-refractivity contribution is 6.32. The summed E-state index contributed by atoms with van der Waals surface area (Å²) in [6, 6.07) is 0.356. The average molecular weight is 584 g/mol. The van der Waals surface area contributed by atoms with Gasteiger partial charge >= 0.3 is 0 Å². The fourth-order valence-electron chi connectivity index (χ4n) is 8.25. The number of aromatic hydroxyl groups is 1. The minimum atomic E-state index is -2.74. The van der Waals surface area contributed by atoms with E-state index in [0.717, 1.165) is 12.1 Å². The van der Waals surface area contributed by atoms with E-state index in [1.54, 1.807) is 14.1 Å². The first-order chi connectivity index (χ1) is 19.8. The number of likely N-dealkylation sites (N-methyl/N-ethyl adjacent to an activating group) is 1. The van der Waals surface area contributed by atoms with E-state index >= 15 is 0 Å². The van der Waals surface area contributed by atoms with Crippen LogP contribution in [0.2, 0.25) is 0 Å². The van der Waals surface area contributed by atoms with Gasteiger partial charge < -0.3 is 25.6 Å². The number of carbonyl (C=O) groups excluding carboxylic acids is 5. The largest absolute Gasteiger partial charge is 0.507 e. The van der Waals surface area contributed by atoms with Crippen molar-refractivity contribution in [3.8, 4) is 11.5 Å². The first-order valence-electron chi connectivity index (χ1n) is 14.8. The fraction of sp³-hybridized carbons (Fsp3) is 0.645. The van der Waals surface area contributed by atoms with Crippen molar-refractivity contribution in [3.63, 3.8) is 0 Å². The van der Waals surface area contributed by atoms with Gasteiger partial charge in [0.05, 0.1) is 24.6 Å². The van der Waals surface area contributed by atoms with Crippen LogP contribution in [0.25, 0.3) is 0 Å². The molecule has 0 radical (unpaired) electrons. The van der Waals surface area contributed by atoms with Crippen molar-refractivity contribution >= 4 is 29.0 Å². The molecule has 11 heteroatoms. The second-order valence-corrected chi connectivity index (χ2v) is 12.9. The molecule has 1 aromatic carbocycles. The Morgan fingerprint density at radius 3 is 2.36 bits per heavy atom. The highest BCUT2D eigenvalue weighted by Gasteiger charge is 2.69. The van der Waals surface area contributed by atoms with Gasteiger partial charge in [0.15, 0.2) is 34.7 Å². The lowest BCUT2D eigenvalue weighted by Crippen LogP contribution is -2.74. The molecule has 1 amide bonds. The first-order valence-corrected chi connectivity index (χ1v) is 14.8. The van der Waals surface area contributed by atoms with Crippen LogP contribution < -0.4 is 10.5 Å². The van der Waals surface area contributed by atoms with Crippen molar-refractivity contribution in [1.29, 1.82) is 0 Å². The molecule has 2 unspecified atom stereocenters. The Bertz CT molecular complexity index is 1340. The van der Waals surface area contributed by atoms with Gasteiger partial charge in [-0.3, -0.25) is 28.9 Å². The molecule has 11 nitrogen and oxygen atoms in total. The SMILES string of the molecule is COc1c(CN(C)CC2CCCCC2)cc(O)c2c1C[C@H]1C[C@H]3[C@H](N(C)C)C(=O)C(C(N)=O)C(=O)[C@@]3(O)C(=O)C1C2=O. The first kappa shape index (κ1) is 30.3. The molecule has 3 saturated carbocycles. The topological polar surface area (TPSA) is 168 Å². The van der Waals surface area contributed by atoms with Gasteiger partial charge in [0.1, 0.15) is 11.5 Å². The molecule has 4 aliphatic carbocycles. The summed E-state index contributed by atoms with van der Waals surface area (Å²) < 4.78 is 5.81. The number of Topliss-reactive ketones (excluding diaryl/α,β-unsaturated/α-hetero) is 4. The second-order valence-electron chi connectivity index (χ2n) is 12.9. The van der Waals surface area contributed by atoms with Crippen molar-refractivity contribution in [1.82, 2.24) is 9.80 Å². The normalized spacial score (nSPS) is 31.6. The number of nitrogens with zero attached hydrogens (tertiary/aromatic N) is 2. The van der Waals surface area contributed by atoms with Crippen LogP contribution in [0, 0.1) is 29.6 Å². The number of primary amides is 1. The van der Waals surface area contributed by atoms with E-state index in [-0.39, 0.29) is 24.2 Å². The lowest BCUT2D eigenvalue weighted by Gasteiger charge is -2.52. The number of nitrogens with two attached hydrogens (primary N) is 1. The van der Waals surface area contributed by atoms with Crippen molar-refractivity contribution < 1.29 is 38.9 Å². The molecule has 6 atom stereocenters. The number of methoxy groups -OCH3 is 1. The Kier molecular flexibility index (Phi) is 8.06. The van der Waals surface area contributed by atoms with E-state index in [9.17, 15) is 34.2 Å². The maximum Gasteiger partial charge on any atom is 0.235 e. The van der Waals surface area contributed by atoms with E-state index in [4.69, 9.17) is 10.5 Å². The van der Waals surface area contributed by atoms with Crippen LogP contribution in [0.1, 0.15) is 60.0 Å². The van der Waals surface area contributed by atoms with Gasteiger partial charge in [-0.05, 0) is 64.7 Å². The molecule has 42 heavy (non-hydrogen) atoms. The number of phenols is 1. The van der Waals surface area contributed by atoms with Crippen LogP contribution >= 0.6 is 0 Å². The number of hydrogen-bond acceptors (Lipinski definition) is 10. The summed E-state index contributed by atoms with van der Waals surface area (Å²) in [7, 11) is 6.64. The van der Waals surface area contributed by atoms with Crippen LogP contribution in [0.15, 0.2) is 6.07 Å². The Morgan fingerprint density at radius 2 is 1.76 bits per heavy atom. The maximum atomic E-state index is 14.0. The third-order valence-corrected chi connectivity index (χ3v) is 10.0. The summed E-state index contributed by atoms with van der Waals surface area (Å²) in [4.78, 5) is 70.4. The van der Waals surface area contributed by atoms with Crippen LogP contribution in [-0.2, 0) is 32.1 Å². The summed E-state index contributed by atoms with van der Waals surface area (Å²) in [5.74, 6) is -9.51. The van der Waals surface area contributed by atoms with Gasteiger partial charge in [0.25, 0.3) is 0 Å². The molecular weight excluding hydrogens is 542 g/mol. The van der Waals surface area contributed by atoms with E-state index in [2.05, 4.69) is 4.90 Å². The van der Waals surface area contributed by atoms with Crippen molar-refractivity contribution in [3.05, 3.63) is 22.8 Å². The molecule has 4 N–H and O–H groups in total. The zero-order valence-corrected chi connectivity index (χ0v) is 24.7. The van der Waals surface area contributed by atoms with E-state index in [0.29, 0.717) is 23.8 Å². The second kappa shape index (κ2) is 11.2. The molecule has 0 heterocycles. The molecule has 0 bridgehead atoms. The summed E-state index contributed by atoms with van der Waals surface area (Å²) in [5.41, 5.74) is 3.77. The quantitative estimate of drug-likeness (QED) is 0.392. The Balaban J connectivity index is 1.52. The summed E-state index contributed by atoms with van der Waals surface area (Å²) in [6.07, 6.45) is 6.28. The summed E-state index contributed by atoms with van der Waals surface area (Å²) in [6.45, 7) is 1.39. The Labute approximate surface area is 245 Å². The third kappa shape index (κ3) is 4.66. The minimum absolute atomic E-state index is 0.000375. The van der Waals surface area contributed by atoms with E-state index in [1.165, 1.54) is 50.2 Å². The number of benzene rings is 1. The molecule has 5 rings (SSSR count). The van der Waals surface area contributed by atoms with Gasteiger partial charge in [-0.1, -0.05) is 19.3 Å². The van der Waals surface area contributed by atoms with Crippen LogP contribution in [0.5, 0.6) is 11.5 Å². The number of phenolic OH excluding ortho intramolecular Hbond substituents is 1. The van der Waals surface area contributed by atoms with Gasteiger partial charge in [0, 0.05) is 30.1 Å². The van der Waals surface area contributed by atoms with Crippen molar-refractivity contribution in [2.45, 2.75) is 63.1 Å². The summed E-state index contributed by atoms with van der Waals surface area (Å²) in [5, 5.41) is 22.8. The number of rotatable bonds is 7. The maximum absolute atomic E-state index is 14.0. The molecule has 3 fully saturated rings. The highest BCUT2D eigenvalue weighted by atomic mass is 16.5. The third-order valence-electron chi connectivity index (χ3n) is 10.0. The number of fused-ring (bicyclic) bond motifs is 3. The van der Waals surface area contributed by atoms with E-state index in [1.807, 2.05) is 7.05 Å². The van der Waals surface area contributed by atoms with E-state index < -0.39 is 64.4 Å². The lowest BCUT2D eigenvalue weighted by molar-refractivity contribution is -0.181. The van der Waals surface area contributed by atoms with Gasteiger partial charge in [-0.25, -0.2) is 0 Å². The number of carbonyl (C=O) groups is 5. The Hall–Kier alpha value is -3.15. The average Bonchev–Trinajstić information content (AvgIpc) is 2.91. The van der Waals surface area contributed by atoms with Crippen molar-refractivity contribution in [2.24, 2.45) is 35.3 Å². The van der Waals surface area contributed by atoms with Gasteiger partial charge in [-0.2, -0.15) is 0 Å². The standard InChI is InChI=1S/C31H41N3O8/c1-33(2)24-19-11-16-10-18-22(25(36)21(16)28(38)31(19,41)29(39)23(26(24)37)30(32)40)20(35)12-17(27(18)42-4)14-34(3)13-15-8-6-5-7-9-15/h12,15-16,19,21,23-24,35,41H,5-11,13-14H2,1-4H3,(H2,32,40)/t16-,19-,21?,23?,24-,31-/m0/s1. The van der Waals surface area contributed by atoms with Crippen LogP contribution in [-0.4, -0.2) is 95.5 Å². The predicted molar refractivity (Wildman–Crippen MR) is 151 cm³/mol. The minimum Gasteiger partial charge on any atom is -0.507 e. The molecule has 0 aliphatic heterocycles. The predicted octanol–water partition coefficient (Wildman–Crippen LogP) is 0.888. The molecule has 228 valence electrons. The zero-order chi connectivity index (χ0) is 30.7. The fourth-order valence-corrected chi connectivity index (χ4v) is 8.25. The molecule has 0 aromatic heterocycles. The molecule has 0 spiro atoms. The zero-order valence-electron chi connectivity index (χ0n) is 24.7. The number of hydrogen-bond donors (Lipinski definition) is 3. The van der Waals surface area contributed by atoms with Crippen LogP contribution in [0.3, 0.4) is 0 Å². The molecular formula is C31H41N3O8. The van der Waals surface area contributed by atoms with Crippen molar-refractivity contribution in [2.75, 3.05) is 34.8 Å². The number of ketones is 4. The monoisotopic (exact) mass is 583 g/mol. The summed E-state index contributed by atoms with van der Waals surface area (Å²) >= 11 is 0. The molecule has 1 aromatic rings. The molecule has 0 saturated heterocycles. The molecule has 4 aliphatic rings.